The van der Waals surface area contributed by atoms with E-state index in [0.29, 0.717) is 11.7 Å². The Kier molecular flexibility index (Phi) is 4.55. The third kappa shape index (κ3) is 3.24. The minimum absolute atomic E-state index is 0.273. The maximum absolute atomic E-state index is 12.1. The molecule has 112 valence electrons. The number of sulfonamides is 1. The first kappa shape index (κ1) is 15.1. The monoisotopic (exact) mass is 297 g/mol. The number of anilines is 2. The molecule has 1 fully saturated rings. The number of benzene rings is 1. The largest absolute Gasteiger partial charge is 0.397 e. The van der Waals surface area contributed by atoms with Gasteiger partial charge in [-0.3, -0.25) is 0 Å². The van der Waals surface area contributed by atoms with Gasteiger partial charge in [-0.1, -0.05) is 19.3 Å². The molecule has 1 aliphatic carbocycles. The molecule has 0 atom stereocenters. The van der Waals surface area contributed by atoms with Crippen molar-refractivity contribution in [3.8, 4) is 0 Å². The Bertz CT molecular complexity index is 564. The van der Waals surface area contributed by atoms with Gasteiger partial charge in [-0.15, -0.1) is 0 Å². The number of hydrogen-bond donors (Lipinski definition) is 2. The van der Waals surface area contributed by atoms with Crippen LogP contribution in [0, 0.1) is 0 Å². The van der Waals surface area contributed by atoms with E-state index < -0.39 is 10.0 Å². The van der Waals surface area contributed by atoms with Crippen LogP contribution in [0.4, 0.5) is 11.4 Å². The number of rotatable bonds is 4. The summed E-state index contributed by atoms with van der Waals surface area (Å²) < 4.78 is 25.5. The maximum Gasteiger partial charge on any atom is 0.242 e. The van der Waals surface area contributed by atoms with Crippen LogP contribution >= 0.6 is 0 Å². The Balaban J connectivity index is 2.25. The van der Waals surface area contributed by atoms with Crippen molar-refractivity contribution in [1.29, 1.82) is 0 Å². The summed E-state index contributed by atoms with van der Waals surface area (Å²) >= 11 is 0. The molecule has 0 saturated heterocycles. The van der Waals surface area contributed by atoms with Gasteiger partial charge < -0.3 is 11.1 Å². The first-order valence-electron chi connectivity index (χ1n) is 7.00. The SMILES string of the molecule is CN(C)S(=O)(=O)c1ccc(N)c(NC2CCCCC2)c1. The quantitative estimate of drug-likeness (QED) is 0.836. The van der Waals surface area contributed by atoms with Gasteiger partial charge in [-0.05, 0) is 31.0 Å². The van der Waals surface area contributed by atoms with Gasteiger partial charge in [0.15, 0.2) is 0 Å². The molecule has 1 aromatic carbocycles. The average molecular weight is 297 g/mol. The Hall–Kier alpha value is -1.27. The molecule has 0 bridgehead atoms. The molecule has 0 aromatic heterocycles. The summed E-state index contributed by atoms with van der Waals surface area (Å²) in [6.45, 7) is 0. The fraction of sp³-hybridized carbons (Fsp3) is 0.571. The van der Waals surface area contributed by atoms with Crippen molar-refractivity contribution in [3.63, 3.8) is 0 Å². The van der Waals surface area contributed by atoms with Gasteiger partial charge in [0.25, 0.3) is 0 Å². The molecule has 1 aliphatic rings. The van der Waals surface area contributed by atoms with Gasteiger partial charge in [-0.25, -0.2) is 12.7 Å². The molecule has 3 N–H and O–H groups in total. The highest BCUT2D eigenvalue weighted by molar-refractivity contribution is 7.89. The van der Waals surface area contributed by atoms with Crippen LogP contribution in [-0.4, -0.2) is 32.9 Å². The Labute approximate surface area is 121 Å². The normalized spacial score (nSPS) is 17.4. The van der Waals surface area contributed by atoms with E-state index in [1.807, 2.05) is 0 Å². The van der Waals surface area contributed by atoms with Crippen molar-refractivity contribution in [3.05, 3.63) is 18.2 Å². The van der Waals surface area contributed by atoms with Crippen LogP contribution in [0.5, 0.6) is 0 Å². The van der Waals surface area contributed by atoms with Crippen LogP contribution in [0.1, 0.15) is 32.1 Å². The van der Waals surface area contributed by atoms with Crippen LogP contribution in [0.2, 0.25) is 0 Å². The van der Waals surface area contributed by atoms with E-state index in [4.69, 9.17) is 5.73 Å². The maximum atomic E-state index is 12.1. The van der Waals surface area contributed by atoms with E-state index in [1.54, 1.807) is 18.2 Å². The number of hydrogen-bond acceptors (Lipinski definition) is 4. The van der Waals surface area contributed by atoms with Crippen molar-refractivity contribution >= 4 is 21.4 Å². The van der Waals surface area contributed by atoms with Crippen LogP contribution < -0.4 is 11.1 Å². The molecule has 0 aliphatic heterocycles. The summed E-state index contributed by atoms with van der Waals surface area (Å²) in [6.07, 6.45) is 5.94. The highest BCUT2D eigenvalue weighted by Crippen LogP contribution is 2.28. The van der Waals surface area contributed by atoms with Crippen molar-refractivity contribution in [2.45, 2.75) is 43.0 Å². The molecule has 6 heteroatoms. The number of nitrogen functional groups attached to an aromatic ring is 1. The second kappa shape index (κ2) is 6.01. The lowest BCUT2D eigenvalue weighted by Crippen LogP contribution is -2.24. The molecule has 2 rings (SSSR count). The van der Waals surface area contributed by atoms with Gasteiger partial charge in [0.1, 0.15) is 0 Å². The summed E-state index contributed by atoms with van der Waals surface area (Å²) in [7, 11) is -0.364. The fourth-order valence-corrected chi connectivity index (χ4v) is 3.43. The lowest BCUT2D eigenvalue weighted by atomic mass is 9.95. The molecule has 0 spiro atoms. The van der Waals surface area contributed by atoms with Crippen LogP contribution in [0.15, 0.2) is 23.1 Å². The molecule has 0 unspecified atom stereocenters. The van der Waals surface area contributed by atoms with Crippen molar-refractivity contribution < 1.29 is 8.42 Å². The van der Waals surface area contributed by atoms with Gasteiger partial charge >= 0.3 is 0 Å². The topological polar surface area (TPSA) is 75.4 Å². The molecule has 0 heterocycles. The van der Waals surface area contributed by atoms with Crippen molar-refractivity contribution in [2.24, 2.45) is 0 Å². The molecule has 0 amide bonds. The van der Waals surface area contributed by atoms with Crippen LogP contribution in [0.3, 0.4) is 0 Å². The predicted octanol–water partition coefficient (Wildman–Crippen LogP) is 2.26. The second-order valence-corrected chi connectivity index (χ2v) is 7.67. The van der Waals surface area contributed by atoms with E-state index in [-0.39, 0.29) is 4.90 Å². The standard InChI is InChI=1S/C14H23N3O2S/c1-17(2)20(18,19)12-8-9-13(15)14(10-12)16-11-6-4-3-5-7-11/h8-11,16H,3-7,15H2,1-2H3. The Morgan fingerprint density at radius 2 is 1.85 bits per heavy atom. The van der Waals surface area contributed by atoms with Gasteiger partial charge in [0, 0.05) is 20.1 Å². The van der Waals surface area contributed by atoms with E-state index in [2.05, 4.69) is 5.32 Å². The Morgan fingerprint density at radius 1 is 1.20 bits per heavy atom. The summed E-state index contributed by atoms with van der Waals surface area (Å²) in [4.78, 5) is 0.273. The zero-order valence-electron chi connectivity index (χ0n) is 12.1. The van der Waals surface area contributed by atoms with Crippen LogP contribution in [0.25, 0.3) is 0 Å². The lowest BCUT2D eigenvalue weighted by molar-refractivity contribution is 0.463. The molecule has 5 nitrogen and oxygen atoms in total. The number of nitrogens with zero attached hydrogens (tertiary/aromatic N) is 1. The Morgan fingerprint density at radius 3 is 2.45 bits per heavy atom. The third-order valence-electron chi connectivity index (χ3n) is 3.77. The van der Waals surface area contributed by atoms with Gasteiger partial charge in [-0.2, -0.15) is 0 Å². The molecule has 1 aromatic rings. The molecule has 20 heavy (non-hydrogen) atoms. The third-order valence-corrected chi connectivity index (χ3v) is 5.58. The number of nitrogens with one attached hydrogen (secondary N) is 1. The van der Waals surface area contributed by atoms with Crippen molar-refractivity contribution in [2.75, 3.05) is 25.1 Å². The average Bonchev–Trinajstić information content (AvgIpc) is 2.42. The first-order valence-corrected chi connectivity index (χ1v) is 8.44. The van der Waals surface area contributed by atoms with Crippen molar-refractivity contribution in [1.82, 2.24) is 4.31 Å². The summed E-state index contributed by atoms with van der Waals surface area (Å²) in [5.41, 5.74) is 7.27. The van der Waals surface area contributed by atoms with Gasteiger partial charge in [0.05, 0.1) is 16.3 Å². The minimum atomic E-state index is -3.42. The zero-order valence-corrected chi connectivity index (χ0v) is 12.9. The first-order chi connectivity index (χ1) is 9.41. The van der Waals surface area contributed by atoms with E-state index >= 15 is 0 Å². The highest BCUT2D eigenvalue weighted by Gasteiger charge is 2.20. The van der Waals surface area contributed by atoms with E-state index in [1.165, 1.54) is 37.7 Å². The summed E-state index contributed by atoms with van der Waals surface area (Å²) in [5, 5.41) is 3.39. The molecule has 1 saturated carbocycles. The summed E-state index contributed by atoms with van der Waals surface area (Å²) in [6, 6.07) is 5.24. The zero-order chi connectivity index (χ0) is 14.8. The highest BCUT2D eigenvalue weighted by atomic mass is 32.2. The predicted molar refractivity (Wildman–Crippen MR) is 82.2 cm³/mol. The molecule has 0 radical (unpaired) electrons. The van der Waals surface area contributed by atoms with E-state index in [0.717, 1.165) is 18.5 Å². The molecular formula is C14H23N3O2S. The van der Waals surface area contributed by atoms with Gasteiger partial charge in [0.2, 0.25) is 10.0 Å². The van der Waals surface area contributed by atoms with Crippen LogP contribution in [-0.2, 0) is 10.0 Å². The van der Waals surface area contributed by atoms with E-state index in [9.17, 15) is 8.42 Å². The molecular weight excluding hydrogens is 274 g/mol. The lowest BCUT2D eigenvalue weighted by Gasteiger charge is -2.25. The minimum Gasteiger partial charge on any atom is -0.397 e. The summed E-state index contributed by atoms with van der Waals surface area (Å²) in [5.74, 6) is 0. The fourth-order valence-electron chi connectivity index (χ4n) is 2.50. The second-order valence-electron chi connectivity index (χ2n) is 5.52. The number of nitrogens with two attached hydrogens (primary N) is 1. The smallest absolute Gasteiger partial charge is 0.242 e.